The maximum Gasteiger partial charge on any atom is 0.283 e. The molecule has 3 aliphatic carbocycles. The number of nitrogens with one attached hydrogen (secondary N) is 4. The van der Waals surface area contributed by atoms with Gasteiger partial charge in [0.05, 0.1) is 41.9 Å². The maximum absolute atomic E-state index is 12.7. The number of hydrogen-bond donors (Lipinski definition) is 4. The highest BCUT2D eigenvalue weighted by molar-refractivity contribution is 7.90. The third-order valence-corrected chi connectivity index (χ3v) is 21.6. The number of sulfonamides is 3. The van der Waals surface area contributed by atoms with Gasteiger partial charge in [-0.05, 0) is 185 Å². The van der Waals surface area contributed by atoms with Crippen molar-refractivity contribution in [1.82, 2.24) is 58.9 Å². The number of halogens is 6. The molecule has 3 fully saturated rings. The minimum absolute atomic E-state index is 0.0596. The summed E-state index contributed by atoms with van der Waals surface area (Å²) in [6.07, 6.45) is 22.4. The zero-order chi connectivity index (χ0) is 68.0. The summed E-state index contributed by atoms with van der Waals surface area (Å²) < 4.78 is 109. The van der Waals surface area contributed by atoms with Crippen LogP contribution in [0.5, 0.6) is 0 Å². The van der Waals surface area contributed by atoms with E-state index in [2.05, 4.69) is 76.9 Å². The average Bonchev–Trinajstić information content (AvgIpc) is 1.42. The molecular formula is C58H76Cl6N12O12S4. The van der Waals surface area contributed by atoms with Gasteiger partial charge in [-0.3, -0.25) is 33.0 Å². The fraction of sp³-hybridized carbons (Fsp3) is 0.534. The first-order chi connectivity index (χ1) is 42.8. The Morgan fingerprint density at radius 2 is 0.978 bits per heavy atom. The van der Waals surface area contributed by atoms with Gasteiger partial charge in [-0.1, -0.05) is 111 Å². The zero-order valence-electron chi connectivity index (χ0n) is 51.8. The van der Waals surface area contributed by atoms with Crippen LogP contribution in [0.15, 0.2) is 88.3 Å². The molecule has 92 heavy (non-hydrogen) atoms. The second kappa shape index (κ2) is 32.6. The Labute approximate surface area is 568 Å². The van der Waals surface area contributed by atoms with Crippen molar-refractivity contribution >= 4 is 128 Å². The Bertz CT molecular complexity index is 4000. The monoisotopic (exact) mass is 1470 g/mol. The lowest BCUT2D eigenvalue weighted by Crippen LogP contribution is -2.32. The number of pyridine rings is 3. The van der Waals surface area contributed by atoms with Crippen molar-refractivity contribution in [3.8, 4) is 0 Å². The van der Waals surface area contributed by atoms with E-state index in [0.29, 0.717) is 41.9 Å². The predicted molar refractivity (Wildman–Crippen MR) is 352 cm³/mol. The number of hydrogen-bond acceptors (Lipinski definition) is 18. The van der Waals surface area contributed by atoms with Crippen LogP contribution in [-0.4, -0.2) is 109 Å². The van der Waals surface area contributed by atoms with Gasteiger partial charge in [-0.2, -0.15) is 49.0 Å². The summed E-state index contributed by atoms with van der Waals surface area (Å²) in [5, 5.41) is 13.2. The lowest BCUT2D eigenvalue weighted by atomic mass is 9.89. The number of rotatable bonds is 22. The summed E-state index contributed by atoms with van der Waals surface area (Å²) >= 11 is 34.4. The molecule has 3 unspecified atom stereocenters. The number of aromatic nitrogens is 9. The molecule has 34 heteroatoms. The highest BCUT2D eigenvalue weighted by atomic mass is 35.5. The fourth-order valence-corrected chi connectivity index (χ4v) is 15.9. The van der Waals surface area contributed by atoms with Crippen LogP contribution in [0.2, 0.25) is 30.9 Å². The highest BCUT2D eigenvalue weighted by Crippen LogP contribution is 2.44. The summed E-state index contributed by atoms with van der Waals surface area (Å²) in [7, 11) is -15.5. The van der Waals surface area contributed by atoms with E-state index >= 15 is 0 Å². The Kier molecular flexibility index (Phi) is 27.0. The first kappa shape index (κ1) is 76.0. The smallest absolute Gasteiger partial charge is 0.271 e. The van der Waals surface area contributed by atoms with Gasteiger partial charge in [-0.15, -0.1) is 0 Å². The first-order valence-electron chi connectivity index (χ1n) is 29.4. The summed E-state index contributed by atoms with van der Waals surface area (Å²) in [4.78, 5) is 47.5. The second-order valence-corrected chi connectivity index (χ2v) is 34.0. The van der Waals surface area contributed by atoms with Gasteiger partial charge in [0, 0.05) is 19.3 Å². The van der Waals surface area contributed by atoms with Gasteiger partial charge in [0.1, 0.15) is 30.9 Å². The van der Waals surface area contributed by atoms with Gasteiger partial charge in [0.25, 0.3) is 57.9 Å². The molecule has 506 valence electrons. The van der Waals surface area contributed by atoms with Crippen LogP contribution in [0, 0.1) is 34.0 Å². The Morgan fingerprint density at radius 1 is 0.554 bits per heavy atom. The van der Waals surface area contributed by atoms with E-state index in [4.69, 9.17) is 73.8 Å². The van der Waals surface area contributed by atoms with E-state index in [0.717, 1.165) is 56.6 Å². The van der Waals surface area contributed by atoms with Crippen molar-refractivity contribution in [1.29, 1.82) is 0 Å². The molecule has 0 bridgehead atoms. The lowest BCUT2D eigenvalue weighted by molar-refractivity contribution is 0.0972. The van der Waals surface area contributed by atoms with E-state index in [1.807, 2.05) is 14.2 Å². The van der Waals surface area contributed by atoms with Crippen LogP contribution in [0.3, 0.4) is 0 Å². The number of aromatic amines is 1. The molecule has 3 atom stereocenters. The van der Waals surface area contributed by atoms with Crippen LogP contribution >= 0.6 is 69.6 Å². The largest absolute Gasteiger partial charge is 0.283 e. The van der Waals surface area contributed by atoms with Crippen LogP contribution in [-0.2, 0) is 57.5 Å². The number of carbonyl (C=O) groups excluding carboxylic acids is 3. The van der Waals surface area contributed by atoms with Gasteiger partial charge in [-0.25, -0.2) is 29.1 Å². The normalized spacial score (nSPS) is 18.3. The van der Waals surface area contributed by atoms with Crippen LogP contribution < -0.4 is 14.2 Å². The lowest BCUT2D eigenvalue weighted by Gasteiger charge is -2.17. The van der Waals surface area contributed by atoms with Gasteiger partial charge in [0.2, 0.25) is 0 Å². The Balaban J connectivity index is 0.000000201. The zero-order valence-corrected chi connectivity index (χ0v) is 59.6. The minimum atomic E-state index is -4.12. The fourth-order valence-electron chi connectivity index (χ4n) is 11.3. The molecule has 6 aromatic rings. The molecule has 3 amide bonds. The Morgan fingerprint density at radius 3 is 1.38 bits per heavy atom. The van der Waals surface area contributed by atoms with E-state index in [1.165, 1.54) is 129 Å². The van der Waals surface area contributed by atoms with Crippen molar-refractivity contribution in [3.63, 3.8) is 0 Å². The number of aryl methyl sites for hydroxylation is 2. The van der Waals surface area contributed by atoms with E-state index in [-0.39, 0.29) is 62.7 Å². The summed E-state index contributed by atoms with van der Waals surface area (Å²) in [6.45, 7) is 15.2. The van der Waals surface area contributed by atoms with Crippen molar-refractivity contribution in [2.45, 2.75) is 166 Å². The molecule has 24 nitrogen and oxygen atoms in total. The second-order valence-electron chi connectivity index (χ2n) is 25.2. The van der Waals surface area contributed by atoms with Crippen molar-refractivity contribution in [2.75, 3.05) is 12.9 Å². The molecule has 0 saturated heterocycles. The minimum Gasteiger partial charge on any atom is -0.271 e. The molecule has 0 aliphatic heterocycles. The SMILES string of the molecule is CC1(C)CCC(CCCOS(C)(=O)=O)C1.CC1(C)CCC(CCCn2ccc(S(=O)(=O)NC(=O)c3ccc(Cl)nc3Cl)n2)C1.CC1(C)CCC(CCCn2nccc2S(=O)(=O)NC(=O)c2ccc(Cl)nc2Cl)C1.O=C(NS(=O)(=O)c1ccn[nH]1)c1ccc(Cl)nc1Cl. The van der Waals surface area contributed by atoms with Crippen molar-refractivity contribution in [2.24, 2.45) is 34.0 Å². The number of amides is 3. The standard InChI is InChI=1S/2C19H24Cl2N4O3S.C11H22O3S.C9H6Cl2N4O3S/c1-19(2)9-7-13(12-19)4-3-11-25-16(8-10-22-25)29(27,28)24-18(26)14-5-6-15(20)23-17(14)21;1-19(2)9-7-13(12-19)4-3-10-25-11-8-16(23-25)29(27,28)24-18(26)14-5-6-15(20)22-17(14)21;1-11(2)7-6-10(9-11)5-4-8-14-15(3,12)13;10-6-2-1-5(8(11)13-6)9(16)15-19(17,18)7-3-4-12-14-7/h5-6,8,10,13H,3-4,7,9,11-12H2,1-2H3,(H,24,26);5-6,8,11,13H,3-4,7,9-10,12H2,1-2H3,(H,24,26);10H,4-9H2,1-3H3;1-4H,(H,12,14)(H,15,16). The molecule has 0 radical (unpaired) electrons. The highest BCUT2D eigenvalue weighted by Gasteiger charge is 2.33. The third kappa shape index (κ3) is 24.0. The van der Waals surface area contributed by atoms with E-state index < -0.39 is 57.9 Å². The molecule has 3 aliphatic rings. The predicted octanol–water partition coefficient (Wildman–Crippen LogP) is 12.4. The van der Waals surface area contributed by atoms with Crippen LogP contribution in [0.1, 0.15) is 169 Å². The molecule has 6 heterocycles. The maximum atomic E-state index is 12.7. The average molecular weight is 1470 g/mol. The molecule has 0 spiro atoms. The van der Waals surface area contributed by atoms with Gasteiger partial charge in [0.15, 0.2) is 15.1 Å². The summed E-state index contributed by atoms with van der Waals surface area (Å²) in [5.74, 6) is -0.523. The summed E-state index contributed by atoms with van der Waals surface area (Å²) in [5.41, 5.74) is 1.05. The third-order valence-electron chi connectivity index (χ3n) is 15.7. The van der Waals surface area contributed by atoms with Crippen molar-refractivity contribution < 1.29 is 52.2 Å². The number of nitrogens with zero attached hydrogens (tertiary/aromatic N) is 8. The van der Waals surface area contributed by atoms with Crippen LogP contribution in [0.25, 0.3) is 0 Å². The summed E-state index contributed by atoms with van der Waals surface area (Å²) in [6, 6.07) is 11.9. The van der Waals surface area contributed by atoms with E-state index in [9.17, 15) is 48.1 Å². The number of carbonyl (C=O) groups is 3. The van der Waals surface area contributed by atoms with Gasteiger partial charge < -0.3 is 0 Å². The quantitative estimate of drug-likeness (QED) is 0.0279. The first-order valence-corrected chi connectivity index (χ1v) is 37.9. The molecule has 9 rings (SSSR count). The van der Waals surface area contributed by atoms with E-state index in [1.54, 1.807) is 10.9 Å². The van der Waals surface area contributed by atoms with Crippen LogP contribution in [0.4, 0.5) is 0 Å². The topological polar surface area (TPSA) is 336 Å². The molecule has 0 aromatic carbocycles. The molecule has 6 aromatic heterocycles. The molecular weight excluding hydrogens is 1400 g/mol. The van der Waals surface area contributed by atoms with Crippen molar-refractivity contribution in [3.05, 3.63) is 121 Å². The van der Waals surface area contributed by atoms with Gasteiger partial charge >= 0.3 is 0 Å². The Hall–Kier alpha value is -5.01. The number of H-pyrrole nitrogens is 1. The molecule has 4 N–H and O–H groups in total. The molecule has 3 saturated carbocycles.